The third-order valence-corrected chi connectivity index (χ3v) is 4.04. The molecule has 1 heterocycles. The van der Waals surface area contributed by atoms with Crippen LogP contribution in [0.25, 0.3) is 11.0 Å². The maximum absolute atomic E-state index is 5.82. The van der Waals surface area contributed by atoms with Gasteiger partial charge in [0.15, 0.2) is 0 Å². The van der Waals surface area contributed by atoms with E-state index in [0.717, 1.165) is 42.0 Å². The van der Waals surface area contributed by atoms with Crippen molar-refractivity contribution in [1.29, 1.82) is 0 Å². The number of rotatable bonds is 7. The van der Waals surface area contributed by atoms with Crippen LogP contribution in [0.3, 0.4) is 0 Å². The van der Waals surface area contributed by atoms with E-state index in [1.165, 1.54) is 5.56 Å². The molecule has 0 saturated heterocycles. The molecule has 0 spiro atoms. The van der Waals surface area contributed by atoms with Crippen LogP contribution < -0.4 is 10.5 Å². The van der Waals surface area contributed by atoms with Crippen molar-refractivity contribution in [2.24, 2.45) is 5.73 Å². The lowest BCUT2D eigenvalue weighted by molar-refractivity contribution is 0.301. The summed E-state index contributed by atoms with van der Waals surface area (Å²) in [4.78, 5) is 4.58. The van der Waals surface area contributed by atoms with Crippen molar-refractivity contribution in [2.75, 3.05) is 6.61 Å². The lowest BCUT2D eigenvalue weighted by Gasteiger charge is -2.10. The second kappa shape index (κ2) is 7.29. The fourth-order valence-corrected chi connectivity index (χ4v) is 2.76. The predicted molar refractivity (Wildman–Crippen MR) is 93.6 cm³/mol. The van der Waals surface area contributed by atoms with Crippen molar-refractivity contribution in [3.05, 3.63) is 59.9 Å². The van der Waals surface area contributed by atoms with Crippen molar-refractivity contribution in [3.8, 4) is 5.75 Å². The van der Waals surface area contributed by atoms with E-state index in [1.54, 1.807) is 0 Å². The summed E-state index contributed by atoms with van der Waals surface area (Å²) in [7, 11) is 0. The van der Waals surface area contributed by atoms with Crippen molar-refractivity contribution in [1.82, 2.24) is 9.55 Å². The molecule has 0 unspecified atom stereocenters. The van der Waals surface area contributed by atoms with Gasteiger partial charge in [0.25, 0.3) is 0 Å². The number of imidazole rings is 1. The van der Waals surface area contributed by atoms with Gasteiger partial charge in [-0.3, -0.25) is 0 Å². The summed E-state index contributed by atoms with van der Waals surface area (Å²) in [6.45, 7) is 4.15. The number of nitrogens with two attached hydrogens (primary N) is 1. The van der Waals surface area contributed by atoms with Gasteiger partial charge in [0.2, 0.25) is 0 Å². The topological polar surface area (TPSA) is 53.1 Å². The predicted octanol–water partition coefficient (Wildman–Crippen LogP) is 3.53. The summed E-state index contributed by atoms with van der Waals surface area (Å²) < 4.78 is 8.02. The fourth-order valence-electron chi connectivity index (χ4n) is 2.76. The molecule has 4 heteroatoms. The van der Waals surface area contributed by atoms with Gasteiger partial charge >= 0.3 is 0 Å². The van der Waals surface area contributed by atoms with E-state index in [1.807, 2.05) is 30.3 Å². The Kier molecular flexibility index (Phi) is 4.93. The normalized spacial score (nSPS) is 11.0. The van der Waals surface area contributed by atoms with E-state index < -0.39 is 0 Å². The first-order valence-electron chi connectivity index (χ1n) is 8.17. The zero-order valence-corrected chi connectivity index (χ0v) is 13.5. The van der Waals surface area contributed by atoms with Crippen LogP contribution in [0.2, 0.25) is 0 Å². The molecule has 0 aliphatic rings. The Bertz CT molecular complexity index is 762. The van der Waals surface area contributed by atoms with Gasteiger partial charge in [0, 0.05) is 6.54 Å². The molecule has 0 amide bonds. The van der Waals surface area contributed by atoms with Gasteiger partial charge in [-0.2, -0.15) is 0 Å². The van der Waals surface area contributed by atoms with Crippen LogP contribution in [0.4, 0.5) is 0 Å². The Morgan fingerprint density at radius 2 is 1.87 bits per heavy atom. The summed E-state index contributed by atoms with van der Waals surface area (Å²) in [5, 5.41) is 0. The minimum atomic E-state index is 0.452. The number of aryl methyl sites for hydroxylation is 2. The fraction of sp³-hybridized carbons (Fsp3) is 0.316. The molecule has 1 aromatic heterocycles. The van der Waals surface area contributed by atoms with Gasteiger partial charge in [0.05, 0.1) is 24.2 Å². The second-order valence-corrected chi connectivity index (χ2v) is 5.57. The number of aromatic nitrogens is 2. The Balaban J connectivity index is 1.60. The average Bonchev–Trinajstić information content (AvgIpc) is 2.97. The summed E-state index contributed by atoms with van der Waals surface area (Å²) >= 11 is 0. The van der Waals surface area contributed by atoms with Gasteiger partial charge in [-0.1, -0.05) is 31.2 Å². The van der Waals surface area contributed by atoms with Crippen molar-refractivity contribution in [2.45, 2.75) is 32.9 Å². The molecule has 0 aliphatic heterocycles. The van der Waals surface area contributed by atoms with E-state index in [-0.39, 0.29) is 0 Å². The van der Waals surface area contributed by atoms with Gasteiger partial charge in [-0.05, 0) is 42.7 Å². The number of hydrogen-bond donors (Lipinski definition) is 1. The molecule has 0 aliphatic carbocycles. The minimum absolute atomic E-state index is 0.452. The summed E-state index contributed by atoms with van der Waals surface area (Å²) in [5.74, 6) is 1.86. The van der Waals surface area contributed by atoms with Gasteiger partial charge in [0.1, 0.15) is 11.6 Å². The summed E-state index contributed by atoms with van der Waals surface area (Å²) in [5.41, 5.74) is 9.29. The second-order valence-electron chi connectivity index (χ2n) is 5.57. The highest BCUT2D eigenvalue weighted by Crippen LogP contribution is 2.17. The molecule has 2 N–H and O–H groups in total. The molecule has 0 bridgehead atoms. The van der Waals surface area contributed by atoms with Gasteiger partial charge in [-0.25, -0.2) is 4.98 Å². The highest BCUT2D eigenvalue weighted by Gasteiger charge is 2.08. The molecule has 0 fully saturated rings. The van der Waals surface area contributed by atoms with Crippen LogP contribution in [-0.2, 0) is 19.5 Å². The zero-order chi connectivity index (χ0) is 16.1. The molecule has 23 heavy (non-hydrogen) atoms. The highest BCUT2D eigenvalue weighted by molar-refractivity contribution is 5.75. The van der Waals surface area contributed by atoms with E-state index >= 15 is 0 Å². The molecule has 120 valence electrons. The van der Waals surface area contributed by atoms with Crippen LogP contribution in [0.5, 0.6) is 5.75 Å². The number of para-hydroxylation sites is 2. The lowest BCUT2D eigenvalue weighted by atomic mass is 10.2. The summed E-state index contributed by atoms with van der Waals surface area (Å²) in [6, 6.07) is 16.5. The largest absolute Gasteiger partial charge is 0.494 e. The Morgan fingerprint density at radius 3 is 2.61 bits per heavy atom. The Morgan fingerprint density at radius 1 is 1.09 bits per heavy atom. The third-order valence-electron chi connectivity index (χ3n) is 4.04. The van der Waals surface area contributed by atoms with Crippen LogP contribution >= 0.6 is 0 Å². The minimum Gasteiger partial charge on any atom is -0.494 e. The monoisotopic (exact) mass is 309 g/mol. The average molecular weight is 309 g/mol. The SMILES string of the molecule is CCc1ccc(OCCCn2c(CN)nc3ccccc32)cc1. The molecule has 3 aromatic rings. The van der Waals surface area contributed by atoms with Crippen LogP contribution in [0.1, 0.15) is 24.7 Å². The number of benzene rings is 2. The first kappa shape index (κ1) is 15.6. The summed E-state index contributed by atoms with van der Waals surface area (Å²) in [6.07, 6.45) is 1.97. The highest BCUT2D eigenvalue weighted by atomic mass is 16.5. The maximum Gasteiger partial charge on any atom is 0.123 e. The maximum atomic E-state index is 5.82. The third kappa shape index (κ3) is 3.54. The molecule has 0 atom stereocenters. The van der Waals surface area contributed by atoms with Crippen molar-refractivity contribution < 1.29 is 4.74 Å². The van der Waals surface area contributed by atoms with Crippen molar-refractivity contribution in [3.63, 3.8) is 0 Å². The standard InChI is InChI=1S/C19H23N3O/c1-2-15-8-10-16(11-9-15)23-13-5-12-22-18-7-4-3-6-17(18)21-19(22)14-20/h3-4,6-11H,2,5,12-14,20H2,1H3. The zero-order valence-electron chi connectivity index (χ0n) is 13.5. The van der Waals surface area contributed by atoms with Gasteiger partial charge in [-0.15, -0.1) is 0 Å². The van der Waals surface area contributed by atoms with Gasteiger partial charge < -0.3 is 15.0 Å². The molecule has 0 radical (unpaired) electrons. The number of fused-ring (bicyclic) bond motifs is 1. The number of ether oxygens (including phenoxy) is 1. The smallest absolute Gasteiger partial charge is 0.123 e. The van der Waals surface area contributed by atoms with Crippen molar-refractivity contribution >= 4 is 11.0 Å². The van der Waals surface area contributed by atoms with E-state index in [0.29, 0.717) is 13.2 Å². The molecule has 4 nitrogen and oxygen atoms in total. The van der Waals surface area contributed by atoms with E-state index in [4.69, 9.17) is 10.5 Å². The molecular weight excluding hydrogens is 286 g/mol. The van der Waals surface area contributed by atoms with E-state index in [9.17, 15) is 0 Å². The van der Waals surface area contributed by atoms with E-state index in [2.05, 4.69) is 34.7 Å². The molecule has 2 aromatic carbocycles. The number of nitrogens with zero attached hydrogens (tertiary/aromatic N) is 2. The first-order valence-corrected chi connectivity index (χ1v) is 8.17. The van der Waals surface area contributed by atoms with Crippen LogP contribution in [-0.4, -0.2) is 16.2 Å². The molecule has 0 saturated carbocycles. The lowest BCUT2D eigenvalue weighted by Crippen LogP contribution is -2.10. The van der Waals surface area contributed by atoms with Crippen LogP contribution in [0.15, 0.2) is 48.5 Å². The number of hydrogen-bond acceptors (Lipinski definition) is 3. The molecular formula is C19H23N3O. The molecule has 3 rings (SSSR count). The Hall–Kier alpha value is -2.33. The first-order chi connectivity index (χ1) is 11.3. The van der Waals surface area contributed by atoms with Crippen LogP contribution in [0, 0.1) is 0 Å². The Labute approximate surface area is 136 Å². The quantitative estimate of drug-likeness (QED) is 0.679.